The number of hydrogen-bond acceptors (Lipinski definition) is 3. The Kier molecular flexibility index (Phi) is 5.77. The van der Waals surface area contributed by atoms with Gasteiger partial charge in [0.15, 0.2) is 0 Å². The molecule has 0 atom stereocenters. The molecule has 1 heterocycles. The molecule has 0 saturated carbocycles. The zero-order valence-electron chi connectivity index (χ0n) is 14.6. The second kappa shape index (κ2) is 8.42. The number of hydrogen-bond donors (Lipinski definition) is 2. The third-order valence-corrected chi connectivity index (χ3v) is 4.45. The summed E-state index contributed by atoms with van der Waals surface area (Å²) in [5, 5.41) is 5.76. The van der Waals surface area contributed by atoms with E-state index in [0.717, 1.165) is 36.5 Å². The summed E-state index contributed by atoms with van der Waals surface area (Å²) in [4.78, 5) is 14.4. The summed E-state index contributed by atoms with van der Waals surface area (Å²) >= 11 is 0. The molecule has 1 aliphatic heterocycles. The van der Waals surface area contributed by atoms with Crippen molar-refractivity contribution in [2.24, 2.45) is 0 Å². The van der Waals surface area contributed by atoms with Crippen molar-refractivity contribution in [2.45, 2.75) is 19.3 Å². The van der Waals surface area contributed by atoms with Crippen molar-refractivity contribution in [3.8, 4) is 5.75 Å². The predicted molar refractivity (Wildman–Crippen MR) is 102 cm³/mol. The SMILES string of the molecule is COc1ccc(CCNC(=O)Nc2ccc(N3CCCC3)cc2)cc1. The highest BCUT2D eigenvalue weighted by atomic mass is 16.5. The van der Waals surface area contributed by atoms with Gasteiger partial charge in [-0.1, -0.05) is 12.1 Å². The van der Waals surface area contributed by atoms with Gasteiger partial charge in [-0.2, -0.15) is 0 Å². The maximum atomic E-state index is 12.0. The van der Waals surface area contributed by atoms with Crippen LogP contribution < -0.4 is 20.3 Å². The largest absolute Gasteiger partial charge is 0.497 e. The van der Waals surface area contributed by atoms with Gasteiger partial charge >= 0.3 is 6.03 Å². The van der Waals surface area contributed by atoms with Crippen LogP contribution in [0.25, 0.3) is 0 Å². The lowest BCUT2D eigenvalue weighted by Crippen LogP contribution is -2.30. The fraction of sp³-hybridized carbons (Fsp3) is 0.350. The predicted octanol–water partition coefficient (Wildman–Crippen LogP) is 3.66. The Balaban J connectivity index is 1.42. The molecule has 2 aromatic carbocycles. The Labute approximate surface area is 149 Å². The fourth-order valence-corrected chi connectivity index (χ4v) is 3.02. The number of benzene rings is 2. The Hall–Kier alpha value is -2.69. The maximum absolute atomic E-state index is 12.0. The van der Waals surface area contributed by atoms with E-state index >= 15 is 0 Å². The summed E-state index contributed by atoms with van der Waals surface area (Å²) in [5.74, 6) is 0.840. The number of methoxy groups -OCH3 is 1. The van der Waals surface area contributed by atoms with Crippen LogP contribution in [0.5, 0.6) is 5.75 Å². The zero-order chi connectivity index (χ0) is 17.5. The molecule has 1 fully saturated rings. The molecule has 0 radical (unpaired) electrons. The lowest BCUT2D eigenvalue weighted by Gasteiger charge is -2.17. The summed E-state index contributed by atoms with van der Waals surface area (Å²) in [6.45, 7) is 2.83. The first-order chi connectivity index (χ1) is 12.2. The average molecular weight is 339 g/mol. The van der Waals surface area contributed by atoms with E-state index in [2.05, 4.69) is 27.7 Å². The fourth-order valence-electron chi connectivity index (χ4n) is 3.02. The van der Waals surface area contributed by atoms with E-state index in [0.29, 0.717) is 6.54 Å². The molecular formula is C20H25N3O2. The number of urea groups is 1. The minimum Gasteiger partial charge on any atom is -0.497 e. The van der Waals surface area contributed by atoms with E-state index in [4.69, 9.17) is 4.74 Å². The van der Waals surface area contributed by atoms with Crippen molar-refractivity contribution in [3.05, 3.63) is 54.1 Å². The molecule has 2 N–H and O–H groups in total. The molecule has 25 heavy (non-hydrogen) atoms. The highest BCUT2D eigenvalue weighted by molar-refractivity contribution is 5.89. The molecule has 132 valence electrons. The molecule has 3 rings (SSSR count). The molecule has 2 aromatic rings. The summed E-state index contributed by atoms with van der Waals surface area (Å²) in [5.41, 5.74) is 3.20. The third-order valence-electron chi connectivity index (χ3n) is 4.45. The number of amides is 2. The topological polar surface area (TPSA) is 53.6 Å². The van der Waals surface area contributed by atoms with Gasteiger partial charge in [-0.25, -0.2) is 4.79 Å². The summed E-state index contributed by atoms with van der Waals surface area (Å²) < 4.78 is 5.14. The maximum Gasteiger partial charge on any atom is 0.319 e. The van der Waals surface area contributed by atoms with Gasteiger partial charge in [-0.15, -0.1) is 0 Å². The van der Waals surface area contributed by atoms with E-state index < -0.39 is 0 Å². The molecule has 0 aromatic heterocycles. The van der Waals surface area contributed by atoms with E-state index in [1.807, 2.05) is 36.4 Å². The minimum absolute atomic E-state index is 0.178. The smallest absolute Gasteiger partial charge is 0.319 e. The van der Waals surface area contributed by atoms with Crippen molar-refractivity contribution in [3.63, 3.8) is 0 Å². The zero-order valence-corrected chi connectivity index (χ0v) is 14.6. The van der Waals surface area contributed by atoms with Crippen molar-refractivity contribution in [2.75, 3.05) is 37.0 Å². The molecule has 5 nitrogen and oxygen atoms in total. The number of nitrogens with zero attached hydrogens (tertiary/aromatic N) is 1. The molecule has 1 saturated heterocycles. The Morgan fingerprint density at radius 1 is 1.04 bits per heavy atom. The molecule has 5 heteroatoms. The van der Waals surface area contributed by atoms with Crippen LogP contribution in [0.3, 0.4) is 0 Å². The molecule has 0 unspecified atom stereocenters. The first-order valence-electron chi connectivity index (χ1n) is 8.77. The van der Waals surface area contributed by atoms with Crippen LogP contribution in [0.2, 0.25) is 0 Å². The van der Waals surface area contributed by atoms with Crippen LogP contribution in [-0.2, 0) is 6.42 Å². The first kappa shape index (κ1) is 17.1. The quantitative estimate of drug-likeness (QED) is 0.844. The van der Waals surface area contributed by atoms with Crippen molar-refractivity contribution in [1.29, 1.82) is 0 Å². The van der Waals surface area contributed by atoms with Crippen LogP contribution in [-0.4, -0.2) is 32.8 Å². The second-order valence-electron chi connectivity index (χ2n) is 6.22. The summed E-state index contributed by atoms with van der Waals surface area (Å²) in [6.07, 6.45) is 3.30. The van der Waals surface area contributed by atoms with Gasteiger partial charge in [0.1, 0.15) is 5.75 Å². The van der Waals surface area contributed by atoms with Crippen molar-refractivity contribution in [1.82, 2.24) is 5.32 Å². The number of anilines is 2. The van der Waals surface area contributed by atoms with Crippen LogP contribution in [0.15, 0.2) is 48.5 Å². The number of carbonyl (C=O) groups excluding carboxylic acids is 1. The van der Waals surface area contributed by atoms with E-state index in [9.17, 15) is 4.79 Å². The van der Waals surface area contributed by atoms with Gasteiger partial charge in [0.25, 0.3) is 0 Å². The van der Waals surface area contributed by atoms with Crippen LogP contribution >= 0.6 is 0 Å². The summed E-state index contributed by atoms with van der Waals surface area (Å²) in [7, 11) is 1.65. The molecule has 1 aliphatic rings. The third kappa shape index (κ3) is 4.89. The van der Waals surface area contributed by atoms with E-state index in [1.54, 1.807) is 7.11 Å². The van der Waals surface area contributed by atoms with E-state index in [-0.39, 0.29) is 6.03 Å². The molecule has 0 bridgehead atoms. The van der Waals surface area contributed by atoms with Crippen LogP contribution in [0.4, 0.5) is 16.2 Å². The van der Waals surface area contributed by atoms with Crippen LogP contribution in [0, 0.1) is 0 Å². The highest BCUT2D eigenvalue weighted by Crippen LogP contribution is 2.21. The van der Waals surface area contributed by atoms with Crippen molar-refractivity contribution >= 4 is 17.4 Å². The van der Waals surface area contributed by atoms with Gasteiger partial charge in [0, 0.05) is 31.0 Å². The number of rotatable bonds is 6. The molecule has 0 spiro atoms. The van der Waals surface area contributed by atoms with E-state index in [1.165, 1.54) is 18.5 Å². The highest BCUT2D eigenvalue weighted by Gasteiger charge is 2.12. The minimum atomic E-state index is -0.178. The van der Waals surface area contributed by atoms with Gasteiger partial charge in [0.2, 0.25) is 0 Å². The Bertz CT molecular complexity index is 677. The lowest BCUT2D eigenvalue weighted by atomic mass is 10.1. The lowest BCUT2D eigenvalue weighted by molar-refractivity contribution is 0.252. The van der Waals surface area contributed by atoms with Gasteiger partial charge in [0.05, 0.1) is 7.11 Å². The normalized spacial score (nSPS) is 13.6. The van der Waals surface area contributed by atoms with Gasteiger partial charge in [-0.05, 0) is 61.2 Å². The Morgan fingerprint density at radius 3 is 2.36 bits per heavy atom. The number of nitrogens with one attached hydrogen (secondary N) is 2. The molecule has 0 aliphatic carbocycles. The second-order valence-corrected chi connectivity index (χ2v) is 6.22. The Morgan fingerprint density at radius 2 is 1.72 bits per heavy atom. The average Bonchev–Trinajstić information content (AvgIpc) is 3.18. The van der Waals surface area contributed by atoms with Gasteiger partial charge in [-0.3, -0.25) is 0 Å². The number of carbonyl (C=O) groups is 1. The first-order valence-corrected chi connectivity index (χ1v) is 8.77. The molecular weight excluding hydrogens is 314 g/mol. The van der Waals surface area contributed by atoms with Crippen LogP contribution in [0.1, 0.15) is 18.4 Å². The standard InChI is InChI=1S/C20H25N3O2/c1-25-19-10-4-16(5-11-19)12-13-21-20(24)22-17-6-8-18(9-7-17)23-14-2-3-15-23/h4-11H,2-3,12-15H2,1H3,(H2,21,22,24). The number of ether oxygens (including phenoxy) is 1. The molecule has 2 amide bonds. The summed E-state index contributed by atoms with van der Waals surface area (Å²) in [6, 6.07) is 15.7. The van der Waals surface area contributed by atoms with Crippen molar-refractivity contribution < 1.29 is 9.53 Å². The van der Waals surface area contributed by atoms with Gasteiger partial charge < -0.3 is 20.3 Å². The monoisotopic (exact) mass is 339 g/mol.